The van der Waals surface area contributed by atoms with Crippen LogP contribution in [0, 0.1) is 5.92 Å². The van der Waals surface area contributed by atoms with E-state index in [0.29, 0.717) is 0 Å². The third-order valence-corrected chi connectivity index (χ3v) is 3.61. The summed E-state index contributed by atoms with van der Waals surface area (Å²) in [6, 6.07) is 0. The first-order chi connectivity index (χ1) is 8.36. The van der Waals surface area contributed by atoms with E-state index in [4.69, 9.17) is 0 Å². The van der Waals surface area contributed by atoms with Gasteiger partial charge in [0.05, 0.1) is 0 Å². The number of rotatable bonds is 9. The highest BCUT2D eigenvalue weighted by Gasteiger charge is 2.20. The third-order valence-electron chi connectivity index (χ3n) is 2.91. The molecule has 0 saturated heterocycles. The number of hydrogen-bond donors (Lipinski definition) is 2. The Bertz CT molecular complexity index is 220. The standard InChI is InChI=1S/C13H27N3S.HI/c1-3-14-13(15-9-4-5-11-17-2)16-10-8-12-6-7-12;/h12H,3-11H2,1-2H3,(H2,14,15,16);1H. The van der Waals surface area contributed by atoms with Crippen molar-refractivity contribution in [3.63, 3.8) is 0 Å². The Kier molecular flexibility index (Phi) is 12.6. The Morgan fingerprint density at radius 2 is 2.06 bits per heavy atom. The van der Waals surface area contributed by atoms with Crippen molar-refractivity contribution in [2.45, 2.75) is 39.0 Å². The Morgan fingerprint density at radius 1 is 1.28 bits per heavy atom. The molecule has 0 aliphatic heterocycles. The summed E-state index contributed by atoms with van der Waals surface area (Å²) in [7, 11) is 0. The van der Waals surface area contributed by atoms with Crippen molar-refractivity contribution in [1.29, 1.82) is 0 Å². The monoisotopic (exact) mass is 385 g/mol. The third kappa shape index (κ3) is 10.3. The first-order valence-electron chi connectivity index (χ1n) is 6.88. The quantitative estimate of drug-likeness (QED) is 0.277. The average Bonchev–Trinajstić information content (AvgIpc) is 3.13. The molecule has 1 saturated carbocycles. The van der Waals surface area contributed by atoms with Crippen molar-refractivity contribution in [3.05, 3.63) is 0 Å². The fourth-order valence-corrected chi connectivity index (χ4v) is 2.18. The average molecular weight is 385 g/mol. The molecule has 5 heteroatoms. The summed E-state index contributed by atoms with van der Waals surface area (Å²) >= 11 is 1.92. The maximum atomic E-state index is 4.59. The molecule has 3 nitrogen and oxygen atoms in total. The summed E-state index contributed by atoms with van der Waals surface area (Å²) in [4.78, 5) is 4.59. The molecule has 0 aromatic carbocycles. The second kappa shape index (κ2) is 12.4. The van der Waals surface area contributed by atoms with Crippen LogP contribution in [0.2, 0.25) is 0 Å². The van der Waals surface area contributed by atoms with Gasteiger partial charge in [-0.25, -0.2) is 0 Å². The zero-order valence-corrected chi connectivity index (χ0v) is 14.9. The van der Waals surface area contributed by atoms with Gasteiger partial charge in [0.25, 0.3) is 0 Å². The molecule has 1 rings (SSSR count). The van der Waals surface area contributed by atoms with Gasteiger partial charge in [0.15, 0.2) is 5.96 Å². The second-order valence-corrected chi connectivity index (χ2v) is 5.60. The lowest BCUT2D eigenvalue weighted by molar-refractivity contribution is 0.683. The van der Waals surface area contributed by atoms with E-state index >= 15 is 0 Å². The van der Waals surface area contributed by atoms with E-state index in [2.05, 4.69) is 28.8 Å². The number of unbranched alkanes of at least 4 members (excludes halogenated alkanes) is 1. The van der Waals surface area contributed by atoms with Gasteiger partial charge in [0.2, 0.25) is 0 Å². The molecular weight excluding hydrogens is 357 g/mol. The van der Waals surface area contributed by atoms with Gasteiger partial charge in [-0.15, -0.1) is 24.0 Å². The zero-order valence-electron chi connectivity index (χ0n) is 11.7. The number of guanidine groups is 1. The zero-order chi connectivity index (χ0) is 12.3. The molecule has 0 amide bonds. The van der Waals surface area contributed by atoms with Crippen LogP contribution in [0.15, 0.2) is 4.99 Å². The van der Waals surface area contributed by atoms with Gasteiger partial charge in [-0.3, -0.25) is 4.99 Å². The molecule has 0 bridgehead atoms. The molecule has 0 spiro atoms. The molecule has 1 fully saturated rings. The molecule has 1 aliphatic rings. The number of halogens is 1. The van der Waals surface area contributed by atoms with Gasteiger partial charge in [-0.1, -0.05) is 12.8 Å². The minimum atomic E-state index is 0. The smallest absolute Gasteiger partial charge is 0.191 e. The number of thioether (sulfide) groups is 1. The van der Waals surface area contributed by atoms with Crippen molar-refractivity contribution in [1.82, 2.24) is 10.6 Å². The lowest BCUT2D eigenvalue weighted by Crippen LogP contribution is -2.38. The first kappa shape index (κ1) is 18.4. The number of nitrogens with one attached hydrogen (secondary N) is 2. The van der Waals surface area contributed by atoms with Crippen molar-refractivity contribution in [2.24, 2.45) is 10.9 Å². The molecule has 0 atom stereocenters. The SMILES string of the molecule is CCNC(=NCCCCSC)NCCC1CC1.I. The fourth-order valence-electron chi connectivity index (χ4n) is 1.69. The van der Waals surface area contributed by atoms with E-state index in [1.807, 2.05) is 11.8 Å². The van der Waals surface area contributed by atoms with Gasteiger partial charge >= 0.3 is 0 Å². The van der Waals surface area contributed by atoms with Crippen molar-refractivity contribution < 1.29 is 0 Å². The van der Waals surface area contributed by atoms with Gasteiger partial charge in [-0.2, -0.15) is 11.8 Å². The lowest BCUT2D eigenvalue weighted by atomic mass is 10.3. The number of nitrogens with zero attached hydrogens (tertiary/aromatic N) is 1. The second-order valence-electron chi connectivity index (χ2n) is 4.62. The molecule has 108 valence electrons. The highest BCUT2D eigenvalue weighted by molar-refractivity contribution is 14.0. The summed E-state index contributed by atoms with van der Waals surface area (Å²) < 4.78 is 0. The molecule has 18 heavy (non-hydrogen) atoms. The van der Waals surface area contributed by atoms with Crippen molar-refractivity contribution in [3.8, 4) is 0 Å². The van der Waals surface area contributed by atoms with Gasteiger partial charge in [0.1, 0.15) is 0 Å². The number of aliphatic imine (C=N–C) groups is 1. The minimum absolute atomic E-state index is 0. The highest BCUT2D eigenvalue weighted by atomic mass is 127. The van der Waals surface area contributed by atoms with Crippen molar-refractivity contribution in [2.75, 3.05) is 31.6 Å². The molecule has 0 radical (unpaired) electrons. The normalized spacial score (nSPS) is 15.1. The molecule has 2 N–H and O–H groups in total. The molecule has 1 aliphatic carbocycles. The van der Waals surface area contributed by atoms with E-state index in [1.165, 1.54) is 37.9 Å². The van der Waals surface area contributed by atoms with Crippen molar-refractivity contribution >= 4 is 41.7 Å². The fraction of sp³-hybridized carbons (Fsp3) is 0.923. The van der Waals surface area contributed by atoms with Crippen LogP contribution in [-0.4, -0.2) is 37.6 Å². The van der Waals surface area contributed by atoms with Crippen LogP contribution < -0.4 is 10.6 Å². The summed E-state index contributed by atoms with van der Waals surface area (Å²) in [6.07, 6.45) is 8.80. The number of hydrogen-bond acceptors (Lipinski definition) is 2. The highest BCUT2D eigenvalue weighted by Crippen LogP contribution is 2.31. The predicted octanol–water partition coefficient (Wildman–Crippen LogP) is 3.10. The van der Waals surface area contributed by atoms with Gasteiger partial charge < -0.3 is 10.6 Å². The van der Waals surface area contributed by atoms with Crippen LogP contribution in [0.25, 0.3) is 0 Å². The molecule has 0 unspecified atom stereocenters. The summed E-state index contributed by atoms with van der Waals surface area (Å²) in [6.45, 7) is 5.08. The largest absolute Gasteiger partial charge is 0.357 e. The minimum Gasteiger partial charge on any atom is -0.357 e. The first-order valence-corrected chi connectivity index (χ1v) is 8.27. The summed E-state index contributed by atoms with van der Waals surface area (Å²) in [5, 5.41) is 6.72. The van der Waals surface area contributed by atoms with Gasteiger partial charge in [-0.05, 0) is 44.1 Å². The van der Waals surface area contributed by atoms with Crippen LogP contribution in [-0.2, 0) is 0 Å². The van der Waals surface area contributed by atoms with E-state index in [9.17, 15) is 0 Å². The van der Waals surface area contributed by atoms with Gasteiger partial charge in [0, 0.05) is 19.6 Å². The molecular formula is C13H28IN3S. The topological polar surface area (TPSA) is 36.4 Å². The Balaban J connectivity index is 0.00000289. The maximum absolute atomic E-state index is 4.59. The van der Waals surface area contributed by atoms with E-state index < -0.39 is 0 Å². The lowest BCUT2D eigenvalue weighted by Gasteiger charge is -2.10. The van der Waals surface area contributed by atoms with Crippen LogP contribution in [0.4, 0.5) is 0 Å². The van der Waals surface area contributed by atoms with E-state index in [1.54, 1.807) is 0 Å². The summed E-state index contributed by atoms with van der Waals surface area (Å²) in [5.41, 5.74) is 0. The van der Waals surface area contributed by atoms with Crippen LogP contribution in [0.5, 0.6) is 0 Å². The molecule has 0 heterocycles. The Hall–Kier alpha value is 0.350. The molecule has 0 aromatic heterocycles. The summed E-state index contributed by atoms with van der Waals surface area (Å²) in [5.74, 6) is 3.24. The Labute approximate surface area is 133 Å². The van der Waals surface area contributed by atoms with Crippen LogP contribution in [0.1, 0.15) is 39.0 Å². The van der Waals surface area contributed by atoms with Crippen LogP contribution in [0.3, 0.4) is 0 Å². The van der Waals surface area contributed by atoms with E-state index in [0.717, 1.165) is 31.5 Å². The predicted molar refractivity (Wildman–Crippen MR) is 94.4 cm³/mol. The maximum Gasteiger partial charge on any atom is 0.191 e. The Morgan fingerprint density at radius 3 is 2.67 bits per heavy atom. The van der Waals surface area contributed by atoms with Crippen LogP contribution >= 0.6 is 35.7 Å². The van der Waals surface area contributed by atoms with E-state index in [-0.39, 0.29) is 24.0 Å². The molecule has 0 aromatic rings.